The highest BCUT2D eigenvalue weighted by atomic mass is 35.5. The number of carboxylic acid groups (broad SMARTS) is 1. The third kappa shape index (κ3) is 3.56. The second-order valence-corrected chi connectivity index (χ2v) is 6.39. The second-order valence-electron chi connectivity index (χ2n) is 5.96. The van der Waals surface area contributed by atoms with E-state index in [1.54, 1.807) is 48.5 Å². The van der Waals surface area contributed by atoms with Crippen LogP contribution < -0.4 is 0 Å². The molecule has 1 fully saturated rings. The maximum atomic E-state index is 12.8. The van der Waals surface area contributed by atoms with Crippen LogP contribution in [-0.2, 0) is 4.79 Å². The largest absolute Gasteiger partial charge is 0.481 e. The van der Waals surface area contributed by atoms with Crippen molar-refractivity contribution in [3.8, 4) is 0 Å². The van der Waals surface area contributed by atoms with Gasteiger partial charge in [0.2, 0.25) is 0 Å². The van der Waals surface area contributed by atoms with Gasteiger partial charge in [0.25, 0.3) is 5.91 Å². The molecule has 0 bridgehead atoms. The predicted octanol–water partition coefficient (Wildman–Crippen LogP) is 3.12. The summed E-state index contributed by atoms with van der Waals surface area (Å²) in [5.41, 5.74) is 1.02. The molecule has 5 nitrogen and oxygen atoms in total. The minimum absolute atomic E-state index is 0.164. The number of carbonyl (C=O) groups is 3. The molecule has 0 radical (unpaired) electrons. The standard InChI is InChI=1S/C19H16ClNO4/c20-14-7-5-12(6-8-14)17(22)15-3-1-2-4-16(15)18(23)21-10-9-13(11-21)19(24)25/h1-8,13H,9-11H2,(H,24,25)/t13-/m0/s1. The van der Waals surface area contributed by atoms with Gasteiger partial charge in [-0.25, -0.2) is 0 Å². The quantitative estimate of drug-likeness (QED) is 0.853. The van der Waals surface area contributed by atoms with Crippen molar-refractivity contribution < 1.29 is 19.5 Å². The number of aliphatic carboxylic acids is 1. The van der Waals surface area contributed by atoms with Gasteiger partial charge in [-0.2, -0.15) is 0 Å². The third-order valence-corrected chi connectivity index (χ3v) is 4.59. The summed E-state index contributed by atoms with van der Waals surface area (Å²) in [6, 6.07) is 13.1. The first kappa shape index (κ1) is 17.2. The summed E-state index contributed by atoms with van der Waals surface area (Å²) in [5, 5.41) is 9.62. The lowest BCUT2D eigenvalue weighted by Gasteiger charge is -2.17. The molecule has 3 rings (SSSR count). The molecule has 25 heavy (non-hydrogen) atoms. The van der Waals surface area contributed by atoms with E-state index in [1.165, 1.54) is 4.90 Å². The molecule has 6 heteroatoms. The first-order valence-corrected chi connectivity index (χ1v) is 8.26. The Morgan fingerprint density at radius 3 is 2.24 bits per heavy atom. The highest BCUT2D eigenvalue weighted by Gasteiger charge is 2.32. The number of ketones is 1. The summed E-state index contributed by atoms with van der Waals surface area (Å²) in [7, 11) is 0. The lowest BCUT2D eigenvalue weighted by atomic mass is 9.97. The van der Waals surface area contributed by atoms with Gasteiger partial charge in [-0.15, -0.1) is 0 Å². The number of likely N-dealkylation sites (tertiary alicyclic amines) is 1. The van der Waals surface area contributed by atoms with Crippen molar-refractivity contribution >= 4 is 29.3 Å². The Morgan fingerprint density at radius 2 is 1.64 bits per heavy atom. The SMILES string of the molecule is O=C(c1ccc(Cl)cc1)c1ccccc1C(=O)N1CC[C@H](C(=O)O)C1. The van der Waals surface area contributed by atoms with Crippen LogP contribution in [0.5, 0.6) is 0 Å². The molecule has 1 N–H and O–H groups in total. The van der Waals surface area contributed by atoms with Crippen molar-refractivity contribution in [1.29, 1.82) is 0 Å². The molecule has 0 saturated carbocycles. The van der Waals surface area contributed by atoms with Gasteiger partial charge in [0.15, 0.2) is 5.78 Å². The minimum atomic E-state index is -0.902. The first-order chi connectivity index (χ1) is 12.0. The van der Waals surface area contributed by atoms with E-state index in [0.29, 0.717) is 29.1 Å². The van der Waals surface area contributed by atoms with Crippen LogP contribution in [0, 0.1) is 5.92 Å². The highest BCUT2D eigenvalue weighted by molar-refractivity contribution is 6.30. The van der Waals surface area contributed by atoms with Gasteiger partial charge in [-0.1, -0.05) is 29.8 Å². The minimum Gasteiger partial charge on any atom is -0.481 e. The third-order valence-electron chi connectivity index (χ3n) is 4.33. The molecule has 0 aliphatic carbocycles. The molecule has 0 unspecified atom stereocenters. The van der Waals surface area contributed by atoms with E-state index in [4.69, 9.17) is 16.7 Å². The normalized spacial score (nSPS) is 16.7. The van der Waals surface area contributed by atoms with Crippen molar-refractivity contribution in [2.45, 2.75) is 6.42 Å². The molecular formula is C19H16ClNO4. The van der Waals surface area contributed by atoms with Crippen LogP contribution in [-0.4, -0.2) is 40.8 Å². The van der Waals surface area contributed by atoms with Crippen LogP contribution >= 0.6 is 11.6 Å². The van der Waals surface area contributed by atoms with Crippen molar-refractivity contribution in [2.75, 3.05) is 13.1 Å². The molecule has 128 valence electrons. The van der Waals surface area contributed by atoms with E-state index in [0.717, 1.165) is 0 Å². The predicted molar refractivity (Wildman–Crippen MR) is 93.0 cm³/mol. The topological polar surface area (TPSA) is 74.7 Å². The zero-order valence-corrected chi connectivity index (χ0v) is 14.1. The number of amides is 1. The smallest absolute Gasteiger partial charge is 0.308 e. The zero-order valence-electron chi connectivity index (χ0n) is 13.3. The van der Waals surface area contributed by atoms with Gasteiger partial charge in [-0.3, -0.25) is 14.4 Å². The van der Waals surface area contributed by atoms with Gasteiger partial charge in [-0.05, 0) is 36.8 Å². The van der Waals surface area contributed by atoms with Crippen molar-refractivity contribution in [3.63, 3.8) is 0 Å². The molecule has 1 aliphatic rings. The fourth-order valence-electron chi connectivity index (χ4n) is 2.94. The van der Waals surface area contributed by atoms with Crippen molar-refractivity contribution in [3.05, 3.63) is 70.2 Å². The lowest BCUT2D eigenvalue weighted by Crippen LogP contribution is -2.31. The monoisotopic (exact) mass is 357 g/mol. The average Bonchev–Trinajstić information content (AvgIpc) is 3.11. The summed E-state index contributed by atoms with van der Waals surface area (Å²) in [4.78, 5) is 38.1. The van der Waals surface area contributed by atoms with Crippen molar-refractivity contribution in [1.82, 2.24) is 4.90 Å². The Morgan fingerprint density at radius 1 is 1.00 bits per heavy atom. The molecule has 0 aromatic heterocycles. The number of carbonyl (C=O) groups excluding carboxylic acids is 2. The van der Waals surface area contributed by atoms with Crippen LogP contribution in [0.3, 0.4) is 0 Å². The summed E-state index contributed by atoms with van der Waals surface area (Å²) in [6.45, 7) is 0.539. The molecule has 0 spiro atoms. The van der Waals surface area contributed by atoms with Crippen molar-refractivity contribution in [2.24, 2.45) is 5.92 Å². The van der Waals surface area contributed by atoms with E-state index in [1.807, 2.05) is 0 Å². The van der Waals surface area contributed by atoms with Gasteiger partial charge in [0, 0.05) is 29.2 Å². The van der Waals surface area contributed by atoms with E-state index >= 15 is 0 Å². The van der Waals surface area contributed by atoms with Crippen LogP contribution in [0.1, 0.15) is 32.7 Å². The van der Waals surface area contributed by atoms with Gasteiger partial charge in [0.1, 0.15) is 0 Å². The summed E-state index contributed by atoms with van der Waals surface area (Å²) >= 11 is 5.85. The maximum Gasteiger partial charge on any atom is 0.308 e. The van der Waals surface area contributed by atoms with Crippen LogP contribution in [0.15, 0.2) is 48.5 Å². The van der Waals surface area contributed by atoms with E-state index in [9.17, 15) is 14.4 Å². The summed E-state index contributed by atoms with van der Waals surface area (Å²) in [6.07, 6.45) is 0.425. The number of benzene rings is 2. The Kier molecular flexibility index (Phi) is 4.86. The first-order valence-electron chi connectivity index (χ1n) is 7.88. The Bertz CT molecular complexity index is 832. The zero-order chi connectivity index (χ0) is 18.0. The molecule has 1 heterocycles. The molecule has 1 atom stereocenters. The van der Waals surface area contributed by atoms with Crippen LogP contribution in [0.25, 0.3) is 0 Å². The number of hydrogen-bond acceptors (Lipinski definition) is 3. The molecular weight excluding hydrogens is 342 g/mol. The van der Waals surface area contributed by atoms with Gasteiger partial charge >= 0.3 is 5.97 Å². The number of carboxylic acids is 1. The summed E-state index contributed by atoms with van der Waals surface area (Å²) < 4.78 is 0. The fourth-order valence-corrected chi connectivity index (χ4v) is 3.07. The molecule has 1 saturated heterocycles. The average molecular weight is 358 g/mol. The Hall–Kier alpha value is -2.66. The number of rotatable bonds is 4. The fraction of sp³-hybridized carbons (Fsp3) is 0.211. The number of hydrogen-bond donors (Lipinski definition) is 1. The lowest BCUT2D eigenvalue weighted by molar-refractivity contribution is -0.141. The van der Waals surface area contributed by atoms with E-state index in [-0.39, 0.29) is 23.8 Å². The molecule has 2 aromatic carbocycles. The van der Waals surface area contributed by atoms with Gasteiger partial charge < -0.3 is 10.0 Å². The van der Waals surface area contributed by atoms with E-state index in [2.05, 4.69) is 0 Å². The van der Waals surface area contributed by atoms with Crippen LogP contribution in [0.4, 0.5) is 0 Å². The highest BCUT2D eigenvalue weighted by Crippen LogP contribution is 2.22. The van der Waals surface area contributed by atoms with E-state index < -0.39 is 11.9 Å². The number of halogens is 1. The maximum absolute atomic E-state index is 12.8. The molecule has 1 amide bonds. The second kappa shape index (κ2) is 7.07. The van der Waals surface area contributed by atoms with Crippen LogP contribution in [0.2, 0.25) is 5.02 Å². The Labute approximate surface area is 149 Å². The Balaban J connectivity index is 1.88. The van der Waals surface area contributed by atoms with Gasteiger partial charge in [0.05, 0.1) is 11.5 Å². The summed E-state index contributed by atoms with van der Waals surface area (Å²) in [5.74, 6) is -2.04. The molecule has 1 aliphatic heterocycles. The molecule has 2 aromatic rings. The number of nitrogens with zero attached hydrogens (tertiary/aromatic N) is 1.